The summed E-state index contributed by atoms with van der Waals surface area (Å²) in [4.78, 5) is 13.9. The fourth-order valence-electron chi connectivity index (χ4n) is 2.30. The van der Waals surface area contributed by atoms with Crippen LogP contribution < -0.4 is 24.8 Å². The largest absolute Gasteiger partial charge is 0.494 e. The summed E-state index contributed by atoms with van der Waals surface area (Å²) >= 11 is 0. The van der Waals surface area contributed by atoms with Crippen molar-refractivity contribution in [1.82, 2.24) is 10.2 Å². The van der Waals surface area contributed by atoms with Crippen LogP contribution in [0.4, 0.5) is 10.5 Å². The second-order valence-electron chi connectivity index (χ2n) is 5.76. The van der Waals surface area contributed by atoms with Crippen molar-refractivity contribution in [2.75, 3.05) is 47.3 Å². The number of furan rings is 1. The molecule has 4 N–H and O–H groups in total. The van der Waals surface area contributed by atoms with Crippen LogP contribution in [0, 0.1) is 0 Å². The second-order valence-corrected chi connectivity index (χ2v) is 5.76. The highest BCUT2D eigenvalue weighted by Crippen LogP contribution is 2.49. The van der Waals surface area contributed by atoms with E-state index in [2.05, 4.69) is 10.6 Å². The Morgan fingerprint density at radius 1 is 1.23 bits per heavy atom. The number of nitrogens with one attached hydrogen (secondary N) is 2. The molecule has 0 saturated carbocycles. The lowest BCUT2D eigenvalue weighted by Gasteiger charge is -2.23. The van der Waals surface area contributed by atoms with E-state index in [1.54, 1.807) is 6.07 Å². The average molecular weight is 369 g/mol. The zero-order chi connectivity index (χ0) is 18.6. The number of nitrogens with zero attached hydrogens (tertiary/aromatic N) is 1. The molecule has 0 aliphatic carbocycles. The summed E-state index contributed by atoms with van der Waals surface area (Å²) in [6.45, 7) is 2.42. The zero-order valence-corrected chi connectivity index (χ0v) is 15.9. The van der Waals surface area contributed by atoms with E-state index in [-0.39, 0.29) is 11.5 Å². The molecule has 1 heterocycles. The van der Waals surface area contributed by atoms with Gasteiger partial charge in [-0.2, -0.15) is 0 Å². The Labute approximate surface area is 152 Å². The van der Waals surface area contributed by atoms with Gasteiger partial charge in [-0.1, -0.05) is 0 Å². The molecule has 1 atom stereocenters. The molecule has 2 amide bonds. The Bertz CT molecular complexity index is 744. The van der Waals surface area contributed by atoms with E-state index in [0.717, 1.165) is 0 Å². The van der Waals surface area contributed by atoms with Gasteiger partial charge in [-0.25, -0.2) is 4.79 Å². The first-order chi connectivity index (χ1) is 11.9. The number of ether oxygens (including phenoxy) is 3. The minimum atomic E-state index is -0.395. The quantitative estimate of drug-likeness (QED) is 0.767. The third kappa shape index (κ3) is 4.12. The Hall–Kier alpha value is -2.65. The number of hydrogen-bond donors (Lipinski definition) is 2. The van der Waals surface area contributed by atoms with Crippen molar-refractivity contribution in [1.29, 1.82) is 0 Å². The molecule has 0 spiro atoms. The van der Waals surface area contributed by atoms with Crippen LogP contribution in [-0.2, 0) is 0 Å². The van der Waals surface area contributed by atoms with E-state index in [0.29, 0.717) is 40.5 Å². The molecule has 1 aromatic heterocycles. The van der Waals surface area contributed by atoms with Gasteiger partial charge in [-0.05, 0) is 27.1 Å². The van der Waals surface area contributed by atoms with Crippen LogP contribution in [0.2, 0.25) is 0 Å². The maximum Gasteiger partial charge on any atom is 0.319 e. The molecule has 2 aromatic rings. The molecule has 9 heteroatoms. The van der Waals surface area contributed by atoms with E-state index in [1.807, 2.05) is 25.9 Å². The highest BCUT2D eigenvalue weighted by molar-refractivity contribution is 6.03. The van der Waals surface area contributed by atoms with Gasteiger partial charge in [-0.15, -0.1) is 0 Å². The monoisotopic (exact) mass is 369 g/mol. The van der Waals surface area contributed by atoms with Crippen molar-refractivity contribution in [3.05, 3.63) is 12.3 Å². The van der Waals surface area contributed by atoms with Crippen molar-refractivity contribution in [2.45, 2.75) is 13.0 Å². The van der Waals surface area contributed by atoms with E-state index in [1.165, 1.54) is 27.5 Å². The van der Waals surface area contributed by atoms with Crippen molar-refractivity contribution >= 4 is 22.7 Å². The first kappa shape index (κ1) is 21.4. The average Bonchev–Trinajstić information content (AvgIpc) is 3.07. The van der Waals surface area contributed by atoms with Crippen LogP contribution in [0.1, 0.15) is 6.92 Å². The van der Waals surface area contributed by atoms with Crippen molar-refractivity contribution in [2.24, 2.45) is 0 Å². The number of methoxy groups -OCH3 is 2. The first-order valence-corrected chi connectivity index (χ1v) is 7.87. The van der Waals surface area contributed by atoms with Gasteiger partial charge in [-0.3, -0.25) is 0 Å². The van der Waals surface area contributed by atoms with Gasteiger partial charge in [0.15, 0.2) is 17.1 Å². The number of likely N-dealkylation sites (N-methyl/N-ethyl adjacent to an activating group) is 1. The lowest BCUT2D eigenvalue weighted by molar-refractivity contribution is 0.193. The summed E-state index contributed by atoms with van der Waals surface area (Å²) in [6, 6.07) is 1.50. The molecule has 0 radical (unpaired) electrons. The Kier molecular flexibility index (Phi) is 7.54. The van der Waals surface area contributed by atoms with Gasteiger partial charge in [0.05, 0.1) is 25.9 Å². The lowest BCUT2D eigenvalue weighted by atomic mass is 10.1. The predicted octanol–water partition coefficient (Wildman–Crippen LogP) is 1.71. The molecule has 0 bridgehead atoms. The van der Waals surface area contributed by atoms with Crippen LogP contribution in [0.15, 0.2) is 16.7 Å². The summed E-state index contributed by atoms with van der Waals surface area (Å²) in [5.41, 5.74) is 0.882. The molecule has 1 unspecified atom stereocenters. The van der Waals surface area contributed by atoms with Gasteiger partial charge >= 0.3 is 6.03 Å². The molecular formula is C17H27N3O6. The first-order valence-electron chi connectivity index (χ1n) is 7.87. The van der Waals surface area contributed by atoms with Crippen molar-refractivity contribution in [3.63, 3.8) is 0 Å². The zero-order valence-electron chi connectivity index (χ0n) is 15.9. The molecule has 1 aromatic carbocycles. The van der Waals surface area contributed by atoms with Crippen LogP contribution in [0.5, 0.6) is 17.2 Å². The number of rotatable bonds is 7. The SMILES string of the molecule is CNC(=O)Nc1c(OCC(C)N(C)C)c(OC)c2occc2c1OC.O. The number of anilines is 1. The van der Waals surface area contributed by atoms with Gasteiger partial charge < -0.3 is 39.6 Å². The lowest BCUT2D eigenvalue weighted by Crippen LogP contribution is -2.31. The third-order valence-corrected chi connectivity index (χ3v) is 4.00. The van der Waals surface area contributed by atoms with E-state index >= 15 is 0 Å². The van der Waals surface area contributed by atoms with Crippen LogP contribution in [0.25, 0.3) is 11.0 Å². The normalized spacial score (nSPS) is 11.7. The van der Waals surface area contributed by atoms with Gasteiger partial charge in [0.25, 0.3) is 0 Å². The molecule has 2 rings (SSSR count). The maximum atomic E-state index is 11.9. The van der Waals surface area contributed by atoms with Gasteiger partial charge in [0.2, 0.25) is 5.75 Å². The minimum Gasteiger partial charge on any atom is -0.494 e. The molecular weight excluding hydrogens is 342 g/mol. The molecule has 0 fully saturated rings. The summed E-state index contributed by atoms with van der Waals surface area (Å²) in [5.74, 6) is 1.21. The molecule has 0 aliphatic heterocycles. The molecule has 0 saturated heterocycles. The molecule has 0 aliphatic rings. The van der Waals surface area contributed by atoms with E-state index in [9.17, 15) is 4.79 Å². The molecule has 26 heavy (non-hydrogen) atoms. The number of fused-ring (bicyclic) bond motifs is 1. The van der Waals surface area contributed by atoms with Crippen LogP contribution in [-0.4, -0.2) is 64.4 Å². The van der Waals surface area contributed by atoms with Gasteiger partial charge in [0.1, 0.15) is 12.3 Å². The Morgan fingerprint density at radius 2 is 1.88 bits per heavy atom. The molecule has 9 nitrogen and oxygen atoms in total. The maximum absolute atomic E-state index is 11.9. The highest BCUT2D eigenvalue weighted by atomic mass is 16.5. The Morgan fingerprint density at radius 3 is 2.42 bits per heavy atom. The number of amides is 2. The number of urea groups is 1. The topological polar surface area (TPSA) is 117 Å². The third-order valence-electron chi connectivity index (χ3n) is 4.00. The number of carbonyl (C=O) groups is 1. The predicted molar refractivity (Wildman–Crippen MR) is 99.7 cm³/mol. The number of benzene rings is 1. The van der Waals surface area contributed by atoms with Crippen LogP contribution >= 0.6 is 0 Å². The fraction of sp³-hybridized carbons (Fsp3) is 0.471. The van der Waals surface area contributed by atoms with Gasteiger partial charge in [0, 0.05) is 13.1 Å². The summed E-state index contributed by atoms with van der Waals surface area (Å²) in [5, 5.41) is 5.95. The highest BCUT2D eigenvalue weighted by Gasteiger charge is 2.26. The van der Waals surface area contributed by atoms with Crippen molar-refractivity contribution < 1.29 is 28.9 Å². The van der Waals surface area contributed by atoms with E-state index in [4.69, 9.17) is 18.6 Å². The standard InChI is InChI=1S/C17H25N3O5.H2O/c1-10(20(3)4)9-25-15-12(19-17(21)18-2)13(22-5)11-7-8-24-14(11)16(15)23-6;/h7-8,10H,9H2,1-6H3,(H2,18,19,21);1H2. The summed E-state index contributed by atoms with van der Waals surface area (Å²) < 4.78 is 22.6. The Balaban J connectivity index is 0.00000338. The number of carbonyl (C=O) groups excluding carboxylic acids is 1. The number of hydrogen-bond acceptors (Lipinski definition) is 6. The fourth-order valence-corrected chi connectivity index (χ4v) is 2.30. The smallest absolute Gasteiger partial charge is 0.319 e. The minimum absolute atomic E-state index is 0. The summed E-state index contributed by atoms with van der Waals surface area (Å²) in [6.07, 6.45) is 1.53. The summed E-state index contributed by atoms with van der Waals surface area (Å²) in [7, 11) is 8.51. The van der Waals surface area contributed by atoms with Crippen molar-refractivity contribution in [3.8, 4) is 17.2 Å². The molecule has 146 valence electrons. The second kappa shape index (κ2) is 9.16. The van der Waals surface area contributed by atoms with E-state index < -0.39 is 6.03 Å². The van der Waals surface area contributed by atoms with Crippen LogP contribution in [0.3, 0.4) is 0 Å².